The van der Waals surface area contributed by atoms with E-state index < -0.39 is 0 Å². The van der Waals surface area contributed by atoms with Crippen LogP contribution in [-0.4, -0.2) is 46.5 Å². The number of nitrogens with zero attached hydrogens (tertiary/aromatic N) is 2. The van der Waals surface area contributed by atoms with E-state index in [2.05, 4.69) is 40.1 Å². The van der Waals surface area contributed by atoms with Crippen LogP contribution < -0.4 is 0 Å². The van der Waals surface area contributed by atoms with Gasteiger partial charge in [-0.2, -0.15) is 0 Å². The summed E-state index contributed by atoms with van der Waals surface area (Å²) < 4.78 is 0. The molecule has 136 valence electrons. The second-order valence-electron chi connectivity index (χ2n) is 7.65. The Labute approximate surface area is 155 Å². The molecule has 4 nitrogen and oxygen atoms in total. The van der Waals surface area contributed by atoms with Gasteiger partial charge in [0.25, 0.3) is 0 Å². The monoisotopic (exact) mass is 350 g/mol. The van der Waals surface area contributed by atoms with Crippen molar-refractivity contribution in [2.45, 2.75) is 31.8 Å². The molecule has 0 aromatic heterocycles. The van der Waals surface area contributed by atoms with Crippen molar-refractivity contribution in [3.8, 4) is 5.75 Å². The minimum Gasteiger partial charge on any atom is -0.508 e. The molecule has 0 spiro atoms. The molecule has 0 saturated carbocycles. The molecule has 2 atom stereocenters. The van der Waals surface area contributed by atoms with Gasteiger partial charge in [-0.15, -0.1) is 0 Å². The first-order valence-corrected chi connectivity index (χ1v) is 9.51. The molecule has 0 aliphatic carbocycles. The highest BCUT2D eigenvalue weighted by molar-refractivity contribution is 5.79. The van der Waals surface area contributed by atoms with E-state index in [1.165, 1.54) is 18.4 Å². The summed E-state index contributed by atoms with van der Waals surface area (Å²) >= 11 is 0. The molecule has 2 aromatic rings. The number of aromatic hydroxyl groups is 1. The van der Waals surface area contributed by atoms with Gasteiger partial charge in [-0.25, -0.2) is 0 Å². The third-order valence-electron chi connectivity index (χ3n) is 5.70. The van der Waals surface area contributed by atoms with Gasteiger partial charge in [-0.05, 0) is 42.0 Å². The zero-order valence-corrected chi connectivity index (χ0v) is 15.1. The number of phenolic OH excluding ortho intramolecular Hbond substituents is 1. The highest BCUT2D eigenvalue weighted by Gasteiger charge is 2.36. The van der Waals surface area contributed by atoms with E-state index in [0.29, 0.717) is 18.4 Å². The van der Waals surface area contributed by atoms with Crippen LogP contribution in [0.5, 0.6) is 5.75 Å². The summed E-state index contributed by atoms with van der Waals surface area (Å²) in [5, 5.41) is 9.40. The van der Waals surface area contributed by atoms with Crippen molar-refractivity contribution >= 4 is 5.91 Å². The molecule has 3 aliphatic rings. The number of rotatable bonds is 4. The average Bonchev–Trinajstić information content (AvgIpc) is 2.96. The maximum absolute atomic E-state index is 12.8. The van der Waals surface area contributed by atoms with Crippen molar-refractivity contribution in [1.82, 2.24) is 9.80 Å². The second-order valence-corrected chi connectivity index (χ2v) is 7.65. The number of piperidine rings is 1. The molecule has 5 rings (SSSR count). The predicted molar refractivity (Wildman–Crippen MR) is 102 cm³/mol. The minimum absolute atomic E-state index is 0.203. The Kier molecular flexibility index (Phi) is 4.93. The Balaban J connectivity index is 1.42. The van der Waals surface area contributed by atoms with E-state index >= 15 is 0 Å². The Hall–Kier alpha value is -2.33. The SMILES string of the molecule is O=C(Cc1ccc(O)cc1)N1C[C@H]2CC[C@@H](C1)N(Cc1ccccc1)C2. The fourth-order valence-corrected chi connectivity index (χ4v) is 4.29. The fourth-order valence-electron chi connectivity index (χ4n) is 4.29. The van der Waals surface area contributed by atoms with E-state index in [4.69, 9.17) is 0 Å². The van der Waals surface area contributed by atoms with Gasteiger partial charge in [0.1, 0.15) is 5.75 Å². The molecule has 0 radical (unpaired) electrons. The number of hydrogen-bond donors (Lipinski definition) is 1. The molecular weight excluding hydrogens is 324 g/mol. The molecule has 3 heterocycles. The Morgan fingerprint density at radius 3 is 2.46 bits per heavy atom. The van der Waals surface area contributed by atoms with Crippen LogP contribution in [0.4, 0.5) is 0 Å². The molecule has 0 unspecified atom stereocenters. The Bertz CT molecular complexity index is 744. The Morgan fingerprint density at radius 2 is 1.69 bits per heavy atom. The third kappa shape index (κ3) is 3.91. The topological polar surface area (TPSA) is 43.8 Å². The minimum atomic E-state index is 0.203. The van der Waals surface area contributed by atoms with Crippen molar-refractivity contribution in [3.63, 3.8) is 0 Å². The number of benzene rings is 2. The first-order valence-electron chi connectivity index (χ1n) is 9.51. The molecule has 1 amide bonds. The van der Waals surface area contributed by atoms with Gasteiger partial charge in [0.05, 0.1) is 6.42 Å². The summed E-state index contributed by atoms with van der Waals surface area (Å²) in [6, 6.07) is 18.0. The van der Waals surface area contributed by atoms with Crippen molar-refractivity contribution in [1.29, 1.82) is 0 Å². The highest BCUT2D eigenvalue weighted by atomic mass is 16.3. The number of phenols is 1. The zero-order chi connectivity index (χ0) is 17.9. The molecule has 3 fully saturated rings. The van der Waals surface area contributed by atoms with Crippen LogP contribution >= 0.6 is 0 Å². The van der Waals surface area contributed by atoms with Crippen LogP contribution in [0.1, 0.15) is 24.0 Å². The highest BCUT2D eigenvalue weighted by Crippen LogP contribution is 2.29. The molecule has 2 bridgehead atoms. The molecule has 4 heteroatoms. The van der Waals surface area contributed by atoms with Crippen LogP contribution in [0, 0.1) is 5.92 Å². The van der Waals surface area contributed by atoms with E-state index in [0.717, 1.165) is 31.7 Å². The lowest BCUT2D eigenvalue weighted by atomic mass is 9.94. The predicted octanol–water partition coefficient (Wildman–Crippen LogP) is 3.06. The maximum atomic E-state index is 12.8. The standard InChI is InChI=1S/C22H26N2O2/c25-21-10-7-17(8-11-21)12-22(26)24-15-19-6-9-20(16-24)23(14-19)13-18-4-2-1-3-5-18/h1-5,7-8,10-11,19-20,25H,6,9,12-16H2/t19-,20-/m0/s1. The van der Waals surface area contributed by atoms with E-state index in [1.807, 2.05) is 12.1 Å². The summed E-state index contributed by atoms with van der Waals surface area (Å²) in [7, 11) is 0. The molecule has 2 aromatic carbocycles. The molecule has 1 N–H and O–H groups in total. The Morgan fingerprint density at radius 1 is 0.923 bits per heavy atom. The van der Waals surface area contributed by atoms with Crippen molar-refractivity contribution in [2.24, 2.45) is 5.92 Å². The van der Waals surface area contributed by atoms with Gasteiger partial charge in [-0.3, -0.25) is 9.69 Å². The first kappa shape index (κ1) is 17.1. The lowest BCUT2D eigenvalue weighted by molar-refractivity contribution is -0.130. The van der Waals surface area contributed by atoms with Crippen LogP contribution in [0.2, 0.25) is 0 Å². The summed E-state index contributed by atoms with van der Waals surface area (Å²) in [5.41, 5.74) is 2.31. The number of amides is 1. The van der Waals surface area contributed by atoms with Gasteiger partial charge >= 0.3 is 0 Å². The van der Waals surface area contributed by atoms with Crippen LogP contribution in [0.15, 0.2) is 54.6 Å². The van der Waals surface area contributed by atoms with Gasteiger partial charge in [0, 0.05) is 32.2 Å². The zero-order valence-electron chi connectivity index (χ0n) is 15.1. The van der Waals surface area contributed by atoms with Crippen LogP contribution in [-0.2, 0) is 17.8 Å². The largest absolute Gasteiger partial charge is 0.508 e. The van der Waals surface area contributed by atoms with Crippen molar-refractivity contribution < 1.29 is 9.90 Å². The average molecular weight is 350 g/mol. The maximum Gasteiger partial charge on any atom is 0.227 e. The van der Waals surface area contributed by atoms with E-state index in [9.17, 15) is 9.90 Å². The number of carbonyl (C=O) groups excluding carboxylic acids is 1. The molecular formula is C22H26N2O2. The molecule has 26 heavy (non-hydrogen) atoms. The summed E-state index contributed by atoms with van der Waals surface area (Å²) in [5.74, 6) is 1.01. The van der Waals surface area contributed by atoms with Crippen LogP contribution in [0.25, 0.3) is 0 Å². The van der Waals surface area contributed by atoms with Gasteiger partial charge < -0.3 is 10.0 Å². The summed E-state index contributed by atoms with van der Waals surface area (Å²) in [4.78, 5) is 17.5. The summed E-state index contributed by atoms with van der Waals surface area (Å²) in [6.07, 6.45) is 2.82. The normalized spacial score (nSPS) is 23.0. The van der Waals surface area contributed by atoms with E-state index in [-0.39, 0.29) is 11.7 Å². The van der Waals surface area contributed by atoms with Crippen LogP contribution in [0.3, 0.4) is 0 Å². The van der Waals surface area contributed by atoms with Gasteiger partial charge in [0.2, 0.25) is 5.91 Å². The van der Waals surface area contributed by atoms with Crippen molar-refractivity contribution in [2.75, 3.05) is 19.6 Å². The van der Waals surface area contributed by atoms with Gasteiger partial charge in [0.15, 0.2) is 0 Å². The fraction of sp³-hybridized carbons (Fsp3) is 0.409. The lowest BCUT2D eigenvalue weighted by Crippen LogP contribution is -2.44. The smallest absolute Gasteiger partial charge is 0.227 e. The van der Waals surface area contributed by atoms with Gasteiger partial charge in [-0.1, -0.05) is 42.5 Å². The van der Waals surface area contributed by atoms with E-state index in [1.54, 1.807) is 12.1 Å². The molecule has 3 aliphatic heterocycles. The number of fused-ring (bicyclic) bond motifs is 4. The third-order valence-corrected chi connectivity index (χ3v) is 5.70. The van der Waals surface area contributed by atoms with Crippen molar-refractivity contribution in [3.05, 3.63) is 65.7 Å². The molecule has 3 saturated heterocycles. The number of carbonyl (C=O) groups is 1. The first-order chi connectivity index (χ1) is 12.7. The summed E-state index contributed by atoms with van der Waals surface area (Å²) in [6.45, 7) is 3.77. The lowest BCUT2D eigenvalue weighted by Gasteiger charge is -2.36. The number of hydrogen-bond acceptors (Lipinski definition) is 3. The second kappa shape index (κ2) is 7.50. The quantitative estimate of drug-likeness (QED) is 0.922.